The standard InChI is InChI=1S/C22H36INO5/c1-14(2)9-10-17-21(3,29-17)20-19(27-4)16(11-12-22(20,23)26)28-18(25)13-24-15-7-5-6-8-15/h9,15-17,19-20,24,26H,5-8,10-13H2,1-4H3/t16-,17?,19-,20-,21+,22-/m1/s1. The third-order valence-electron chi connectivity index (χ3n) is 6.73. The fourth-order valence-corrected chi connectivity index (χ4v) is 6.33. The van der Waals surface area contributed by atoms with E-state index in [1.165, 1.54) is 18.4 Å². The van der Waals surface area contributed by atoms with Crippen LogP contribution in [0.5, 0.6) is 0 Å². The number of aliphatic hydroxyl groups is 1. The zero-order valence-electron chi connectivity index (χ0n) is 18.1. The number of esters is 1. The minimum Gasteiger partial charge on any atom is -0.459 e. The molecule has 3 fully saturated rings. The number of rotatable bonds is 8. The number of halogens is 1. The van der Waals surface area contributed by atoms with Crippen LogP contribution in [0.4, 0.5) is 0 Å². The molecule has 0 spiro atoms. The third-order valence-corrected chi connectivity index (χ3v) is 7.94. The first kappa shape index (κ1) is 23.4. The zero-order valence-corrected chi connectivity index (χ0v) is 20.2. The average molecular weight is 521 g/mol. The molecule has 29 heavy (non-hydrogen) atoms. The van der Waals surface area contributed by atoms with Crippen molar-refractivity contribution in [1.82, 2.24) is 5.32 Å². The van der Waals surface area contributed by atoms with Crippen molar-refractivity contribution >= 4 is 28.6 Å². The second-order valence-corrected chi connectivity index (χ2v) is 11.1. The lowest BCUT2D eigenvalue weighted by Gasteiger charge is -2.46. The highest BCUT2D eigenvalue weighted by atomic mass is 127. The summed E-state index contributed by atoms with van der Waals surface area (Å²) < 4.78 is 16.8. The minimum absolute atomic E-state index is 0.0415. The Morgan fingerprint density at radius 3 is 2.62 bits per heavy atom. The molecular weight excluding hydrogens is 485 g/mol. The molecule has 0 aromatic carbocycles. The number of alkyl halides is 1. The van der Waals surface area contributed by atoms with Crippen LogP contribution in [0.2, 0.25) is 0 Å². The molecule has 6 nitrogen and oxygen atoms in total. The second kappa shape index (κ2) is 9.51. The Kier molecular flexibility index (Phi) is 7.68. The summed E-state index contributed by atoms with van der Waals surface area (Å²) in [6.45, 7) is 6.42. The molecule has 2 saturated carbocycles. The Hall–Kier alpha value is -0.220. The van der Waals surface area contributed by atoms with Gasteiger partial charge in [-0.2, -0.15) is 0 Å². The van der Waals surface area contributed by atoms with Crippen molar-refractivity contribution in [2.45, 2.75) is 99.3 Å². The van der Waals surface area contributed by atoms with Gasteiger partial charge in [-0.25, -0.2) is 0 Å². The summed E-state index contributed by atoms with van der Waals surface area (Å²) in [5.41, 5.74) is 0.761. The number of carbonyl (C=O) groups is 1. The summed E-state index contributed by atoms with van der Waals surface area (Å²) in [4.78, 5) is 12.5. The Labute approximate surface area is 188 Å². The molecule has 0 radical (unpaired) electrons. The molecular formula is C22H36INO5. The van der Waals surface area contributed by atoms with Gasteiger partial charge in [0.2, 0.25) is 0 Å². The van der Waals surface area contributed by atoms with Crippen molar-refractivity contribution in [3.8, 4) is 0 Å². The predicted molar refractivity (Wildman–Crippen MR) is 120 cm³/mol. The van der Waals surface area contributed by atoms with Gasteiger partial charge in [0.1, 0.15) is 21.4 Å². The molecule has 2 aliphatic carbocycles. The van der Waals surface area contributed by atoms with Gasteiger partial charge >= 0.3 is 5.97 Å². The number of methoxy groups -OCH3 is 1. The topological polar surface area (TPSA) is 80.3 Å². The minimum atomic E-state index is -0.960. The highest BCUT2D eigenvalue weighted by molar-refractivity contribution is 14.1. The highest BCUT2D eigenvalue weighted by Crippen LogP contribution is 2.56. The van der Waals surface area contributed by atoms with Crippen molar-refractivity contribution in [1.29, 1.82) is 0 Å². The summed E-state index contributed by atoms with van der Waals surface area (Å²) in [5.74, 6) is -0.518. The Bertz CT molecular complexity index is 614. The van der Waals surface area contributed by atoms with Crippen LogP contribution >= 0.6 is 22.6 Å². The Morgan fingerprint density at radius 2 is 2.00 bits per heavy atom. The van der Waals surface area contributed by atoms with Crippen LogP contribution in [-0.2, 0) is 19.0 Å². The quantitative estimate of drug-likeness (QED) is 0.167. The van der Waals surface area contributed by atoms with Crippen molar-refractivity contribution in [2.24, 2.45) is 5.92 Å². The fourth-order valence-electron chi connectivity index (χ4n) is 5.05. The number of hydrogen-bond acceptors (Lipinski definition) is 6. The van der Waals surface area contributed by atoms with Gasteiger partial charge in [-0.3, -0.25) is 4.79 Å². The van der Waals surface area contributed by atoms with Gasteiger partial charge in [0.25, 0.3) is 0 Å². The van der Waals surface area contributed by atoms with E-state index in [0.717, 1.165) is 19.3 Å². The van der Waals surface area contributed by atoms with Crippen LogP contribution in [-0.4, -0.2) is 58.3 Å². The maximum absolute atomic E-state index is 12.5. The summed E-state index contributed by atoms with van der Waals surface area (Å²) in [6.07, 6.45) is 8.08. The van der Waals surface area contributed by atoms with E-state index in [2.05, 4.69) is 47.8 Å². The first-order chi connectivity index (χ1) is 13.7. The smallest absolute Gasteiger partial charge is 0.320 e. The largest absolute Gasteiger partial charge is 0.459 e. The van der Waals surface area contributed by atoms with E-state index in [1.807, 2.05) is 6.92 Å². The number of nitrogens with one attached hydrogen (secondary N) is 1. The SMILES string of the molecule is CO[C@@H]1[C@H](OC(=O)CNC2CCCC2)CC[C@](O)(I)[C@H]1[C@@]1(C)OC1CC=C(C)C. The number of ether oxygens (including phenoxy) is 3. The molecule has 0 amide bonds. The maximum Gasteiger partial charge on any atom is 0.320 e. The van der Waals surface area contributed by atoms with Crippen LogP contribution in [0.15, 0.2) is 11.6 Å². The summed E-state index contributed by atoms with van der Waals surface area (Å²) >= 11 is 2.12. The lowest BCUT2D eigenvalue weighted by molar-refractivity contribution is -0.177. The lowest BCUT2D eigenvalue weighted by atomic mass is 9.73. The lowest BCUT2D eigenvalue weighted by Crippen LogP contribution is -2.58. The van der Waals surface area contributed by atoms with Gasteiger partial charge in [-0.1, -0.05) is 24.5 Å². The van der Waals surface area contributed by atoms with Crippen LogP contribution in [0.3, 0.4) is 0 Å². The molecule has 7 heteroatoms. The molecule has 166 valence electrons. The van der Waals surface area contributed by atoms with Crippen molar-refractivity contribution in [3.63, 3.8) is 0 Å². The molecule has 1 saturated heterocycles. The average Bonchev–Trinajstić information content (AvgIpc) is 3.04. The summed E-state index contributed by atoms with van der Waals surface area (Å²) in [6, 6.07) is 0.425. The molecule has 1 aliphatic heterocycles. The van der Waals surface area contributed by atoms with E-state index in [4.69, 9.17) is 14.2 Å². The normalized spacial score (nSPS) is 39.9. The van der Waals surface area contributed by atoms with Crippen molar-refractivity contribution in [2.75, 3.05) is 13.7 Å². The molecule has 2 N–H and O–H groups in total. The van der Waals surface area contributed by atoms with Gasteiger partial charge in [0, 0.05) is 13.2 Å². The van der Waals surface area contributed by atoms with Gasteiger partial charge in [-0.15, -0.1) is 0 Å². The molecule has 1 heterocycles. The van der Waals surface area contributed by atoms with E-state index in [1.54, 1.807) is 7.11 Å². The van der Waals surface area contributed by atoms with Crippen LogP contribution in [0.25, 0.3) is 0 Å². The monoisotopic (exact) mass is 521 g/mol. The zero-order chi connectivity index (χ0) is 21.2. The van der Waals surface area contributed by atoms with Gasteiger partial charge in [0.05, 0.1) is 18.6 Å². The molecule has 0 bridgehead atoms. The predicted octanol–water partition coefficient (Wildman–Crippen LogP) is 3.49. The van der Waals surface area contributed by atoms with Gasteiger partial charge < -0.3 is 24.6 Å². The first-order valence-corrected chi connectivity index (χ1v) is 11.9. The van der Waals surface area contributed by atoms with Crippen LogP contribution in [0.1, 0.15) is 65.7 Å². The summed E-state index contributed by atoms with van der Waals surface area (Å²) in [7, 11) is 1.63. The molecule has 6 atom stereocenters. The summed E-state index contributed by atoms with van der Waals surface area (Å²) in [5, 5.41) is 14.5. The third kappa shape index (κ3) is 5.53. The maximum atomic E-state index is 12.5. The molecule has 3 rings (SSSR count). The number of epoxide rings is 1. The van der Waals surface area contributed by atoms with E-state index >= 15 is 0 Å². The number of allylic oxidation sites excluding steroid dienone is 1. The van der Waals surface area contributed by atoms with Gasteiger partial charge in [0.15, 0.2) is 0 Å². The van der Waals surface area contributed by atoms with E-state index < -0.39 is 15.3 Å². The van der Waals surface area contributed by atoms with Crippen LogP contribution in [0, 0.1) is 5.92 Å². The van der Waals surface area contributed by atoms with Crippen LogP contribution < -0.4 is 5.32 Å². The van der Waals surface area contributed by atoms with E-state index in [-0.39, 0.29) is 30.6 Å². The first-order valence-electron chi connectivity index (χ1n) is 10.9. The van der Waals surface area contributed by atoms with Crippen molar-refractivity contribution < 1.29 is 24.1 Å². The number of hydrogen-bond donors (Lipinski definition) is 2. The second-order valence-electron chi connectivity index (χ2n) is 9.23. The van der Waals surface area contributed by atoms with E-state index in [0.29, 0.717) is 18.9 Å². The van der Waals surface area contributed by atoms with Crippen molar-refractivity contribution in [3.05, 3.63) is 11.6 Å². The number of carbonyl (C=O) groups excluding carboxylic acids is 1. The molecule has 0 aromatic heterocycles. The van der Waals surface area contributed by atoms with E-state index in [9.17, 15) is 9.90 Å². The molecule has 0 aromatic rings. The highest BCUT2D eigenvalue weighted by Gasteiger charge is 2.67. The molecule has 1 unspecified atom stereocenters. The Balaban J connectivity index is 1.64. The Morgan fingerprint density at radius 1 is 1.31 bits per heavy atom. The molecule has 3 aliphatic rings. The fraction of sp³-hybridized carbons (Fsp3) is 0.864. The van der Waals surface area contributed by atoms with Gasteiger partial charge in [-0.05, 0) is 75.5 Å².